The standard InChI is InChI=1S/C12H22ClNO3S/c1-10(8-13)9-18(15,16)14-6-7-17-12-5-3-2-4-11(12)14/h10-12H,2-9H2,1H3. The summed E-state index contributed by atoms with van der Waals surface area (Å²) in [6.07, 6.45) is 4.27. The van der Waals surface area contributed by atoms with Crippen LogP contribution in [0.3, 0.4) is 0 Å². The highest BCUT2D eigenvalue weighted by atomic mass is 35.5. The molecule has 3 atom stereocenters. The van der Waals surface area contributed by atoms with E-state index < -0.39 is 10.0 Å². The molecule has 0 bridgehead atoms. The monoisotopic (exact) mass is 295 g/mol. The summed E-state index contributed by atoms with van der Waals surface area (Å²) in [4.78, 5) is 0. The molecule has 2 fully saturated rings. The van der Waals surface area contributed by atoms with Crippen molar-refractivity contribution in [3.63, 3.8) is 0 Å². The summed E-state index contributed by atoms with van der Waals surface area (Å²) in [5.41, 5.74) is 0. The second-order valence-corrected chi connectivity index (χ2v) is 7.68. The number of hydrogen-bond donors (Lipinski definition) is 0. The van der Waals surface area contributed by atoms with Crippen LogP contribution in [0.2, 0.25) is 0 Å². The zero-order chi connectivity index (χ0) is 13.2. The number of alkyl halides is 1. The van der Waals surface area contributed by atoms with Crippen molar-refractivity contribution in [3.8, 4) is 0 Å². The van der Waals surface area contributed by atoms with E-state index in [2.05, 4.69) is 0 Å². The Morgan fingerprint density at radius 1 is 1.39 bits per heavy atom. The Kier molecular flexibility index (Phi) is 4.92. The molecule has 1 aliphatic heterocycles. The molecule has 1 saturated heterocycles. The predicted molar refractivity (Wildman–Crippen MR) is 72.4 cm³/mol. The van der Waals surface area contributed by atoms with Gasteiger partial charge in [0, 0.05) is 12.4 Å². The molecule has 0 radical (unpaired) electrons. The first kappa shape index (κ1) is 14.6. The van der Waals surface area contributed by atoms with Gasteiger partial charge in [0.2, 0.25) is 10.0 Å². The summed E-state index contributed by atoms with van der Waals surface area (Å²) in [6.45, 7) is 2.90. The molecule has 0 aromatic rings. The number of morpholine rings is 1. The van der Waals surface area contributed by atoms with Gasteiger partial charge in [0.15, 0.2) is 0 Å². The molecule has 1 heterocycles. The lowest BCUT2D eigenvalue weighted by molar-refractivity contribution is -0.0586. The van der Waals surface area contributed by atoms with Crippen LogP contribution in [0.4, 0.5) is 0 Å². The van der Waals surface area contributed by atoms with E-state index in [9.17, 15) is 8.42 Å². The molecule has 0 amide bonds. The Labute approximate surface area is 115 Å². The van der Waals surface area contributed by atoms with Crippen molar-refractivity contribution in [1.82, 2.24) is 4.31 Å². The van der Waals surface area contributed by atoms with Crippen LogP contribution in [-0.2, 0) is 14.8 Å². The summed E-state index contributed by atoms with van der Waals surface area (Å²) in [5.74, 6) is 0.541. The fourth-order valence-corrected chi connectivity index (χ4v) is 5.18. The van der Waals surface area contributed by atoms with Crippen LogP contribution in [0.5, 0.6) is 0 Å². The average Bonchev–Trinajstić information content (AvgIpc) is 2.37. The van der Waals surface area contributed by atoms with Gasteiger partial charge in [-0.3, -0.25) is 0 Å². The summed E-state index contributed by atoms with van der Waals surface area (Å²) in [7, 11) is -3.20. The van der Waals surface area contributed by atoms with Gasteiger partial charge in [-0.15, -0.1) is 11.6 Å². The highest BCUT2D eigenvalue weighted by Crippen LogP contribution is 2.30. The Hall–Kier alpha value is 0.160. The maximum Gasteiger partial charge on any atom is 0.214 e. The van der Waals surface area contributed by atoms with E-state index in [-0.39, 0.29) is 23.8 Å². The molecule has 2 rings (SSSR count). The molecule has 0 aromatic carbocycles. The van der Waals surface area contributed by atoms with Gasteiger partial charge in [0.05, 0.1) is 24.5 Å². The first-order valence-electron chi connectivity index (χ1n) is 6.71. The van der Waals surface area contributed by atoms with Crippen molar-refractivity contribution in [2.45, 2.75) is 44.8 Å². The zero-order valence-electron chi connectivity index (χ0n) is 10.8. The van der Waals surface area contributed by atoms with Gasteiger partial charge < -0.3 is 4.74 Å². The van der Waals surface area contributed by atoms with Gasteiger partial charge in [-0.25, -0.2) is 8.42 Å². The van der Waals surface area contributed by atoms with Gasteiger partial charge in [-0.05, 0) is 18.8 Å². The third-order valence-electron chi connectivity index (χ3n) is 3.80. The molecule has 0 spiro atoms. The zero-order valence-corrected chi connectivity index (χ0v) is 12.4. The SMILES string of the molecule is CC(CCl)CS(=O)(=O)N1CCOC2CCCCC21. The minimum Gasteiger partial charge on any atom is -0.375 e. The first-order valence-corrected chi connectivity index (χ1v) is 8.86. The van der Waals surface area contributed by atoms with Gasteiger partial charge >= 0.3 is 0 Å². The maximum absolute atomic E-state index is 12.4. The normalized spacial score (nSPS) is 31.9. The maximum atomic E-state index is 12.4. The topological polar surface area (TPSA) is 46.6 Å². The fourth-order valence-electron chi connectivity index (χ4n) is 2.91. The van der Waals surface area contributed by atoms with Crippen LogP contribution in [0.1, 0.15) is 32.6 Å². The lowest BCUT2D eigenvalue weighted by Gasteiger charge is -2.43. The number of halogens is 1. The molecule has 0 aromatic heterocycles. The van der Waals surface area contributed by atoms with Gasteiger partial charge in [0.25, 0.3) is 0 Å². The largest absolute Gasteiger partial charge is 0.375 e. The molecule has 1 saturated carbocycles. The van der Waals surface area contributed by atoms with Crippen LogP contribution >= 0.6 is 11.6 Å². The van der Waals surface area contributed by atoms with Crippen LogP contribution in [0, 0.1) is 5.92 Å². The van der Waals surface area contributed by atoms with E-state index in [1.807, 2.05) is 6.92 Å². The molecule has 18 heavy (non-hydrogen) atoms. The van der Waals surface area contributed by atoms with E-state index in [1.54, 1.807) is 4.31 Å². The second-order valence-electron chi connectivity index (χ2n) is 5.41. The first-order chi connectivity index (χ1) is 8.54. The molecule has 0 N–H and O–H groups in total. The molecular formula is C12H22ClNO3S. The van der Waals surface area contributed by atoms with Crippen molar-refractivity contribution in [2.75, 3.05) is 24.8 Å². The molecular weight excluding hydrogens is 274 g/mol. The number of hydrogen-bond acceptors (Lipinski definition) is 3. The Morgan fingerprint density at radius 3 is 2.83 bits per heavy atom. The fraction of sp³-hybridized carbons (Fsp3) is 1.00. The average molecular weight is 296 g/mol. The van der Waals surface area contributed by atoms with Crippen LogP contribution < -0.4 is 0 Å². The lowest BCUT2D eigenvalue weighted by Crippen LogP contribution is -2.55. The Balaban J connectivity index is 2.10. The molecule has 1 aliphatic carbocycles. The Bertz CT molecular complexity index is 372. The third-order valence-corrected chi connectivity index (χ3v) is 6.48. The lowest BCUT2D eigenvalue weighted by atomic mass is 9.91. The summed E-state index contributed by atoms with van der Waals surface area (Å²) < 4.78 is 32.2. The van der Waals surface area contributed by atoms with E-state index in [4.69, 9.17) is 16.3 Å². The van der Waals surface area contributed by atoms with Crippen molar-refractivity contribution in [2.24, 2.45) is 5.92 Å². The number of ether oxygens (including phenoxy) is 1. The molecule has 3 unspecified atom stereocenters. The highest BCUT2D eigenvalue weighted by Gasteiger charge is 2.40. The number of fused-ring (bicyclic) bond motifs is 1. The molecule has 106 valence electrons. The summed E-state index contributed by atoms with van der Waals surface area (Å²) >= 11 is 5.73. The van der Waals surface area contributed by atoms with Crippen molar-refractivity contribution in [1.29, 1.82) is 0 Å². The van der Waals surface area contributed by atoms with E-state index in [0.717, 1.165) is 25.7 Å². The minimum atomic E-state index is -3.20. The van der Waals surface area contributed by atoms with Crippen LogP contribution in [0.15, 0.2) is 0 Å². The number of sulfonamides is 1. The van der Waals surface area contributed by atoms with E-state index in [1.165, 1.54) is 0 Å². The minimum absolute atomic E-state index is 0.00144. The summed E-state index contributed by atoms with van der Waals surface area (Å²) in [5, 5.41) is 0. The number of nitrogens with zero attached hydrogens (tertiary/aromatic N) is 1. The van der Waals surface area contributed by atoms with E-state index in [0.29, 0.717) is 19.0 Å². The van der Waals surface area contributed by atoms with Crippen LogP contribution in [-0.4, -0.2) is 49.7 Å². The highest BCUT2D eigenvalue weighted by molar-refractivity contribution is 7.89. The van der Waals surface area contributed by atoms with Crippen LogP contribution in [0.25, 0.3) is 0 Å². The van der Waals surface area contributed by atoms with Gasteiger partial charge in [-0.1, -0.05) is 19.8 Å². The Morgan fingerprint density at radius 2 is 2.11 bits per heavy atom. The third kappa shape index (κ3) is 3.18. The van der Waals surface area contributed by atoms with Gasteiger partial charge in [0.1, 0.15) is 0 Å². The number of rotatable bonds is 4. The second kappa shape index (κ2) is 6.07. The molecule has 4 nitrogen and oxygen atoms in total. The smallest absolute Gasteiger partial charge is 0.214 e. The van der Waals surface area contributed by atoms with E-state index >= 15 is 0 Å². The molecule has 2 aliphatic rings. The van der Waals surface area contributed by atoms with Crippen molar-refractivity contribution < 1.29 is 13.2 Å². The van der Waals surface area contributed by atoms with Crippen molar-refractivity contribution in [3.05, 3.63) is 0 Å². The van der Waals surface area contributed by atoms with Crippen molar-refractivity contribution >= 4 is 21.6 Å². The van der Waals surface area contributed by atoms with Gasteiger partial charge in [-0.2, -0.15) is 4.31 Å². The molecule has 6 heteroatoms. The summed E-state index contributed by atoms with van der Waals surface area (Å²) in [6, 6.07) is 0.0556. The predicted octanol–water partition coefficient (Wildman–Crippen LogP) is 1.83. The quantitative estimate of drug-likeness (QED) is 0.744.